The standard InChI is InChI=1S/C23H26N4O/c1-16-11-13-19(14-12-16)22-25-20(26-27-22)15-24-23(28)21(18-9-5-6-10-18)17-7-3-2-4-8-17/h2-4,7-8,11-14,18,21H,5-6,9-10,15H2,1H3,(H,24,28)(H,25,26,27). The Morgan fingerprint density at radius 1 is 1.11 bits per heavy atom. The van der Waals surface area contributed by atoms with Gasteiger partial charge in [-0.3, -0.25) is 9.89 Å². The highest BCUT2D eigenvalue weighted by Crippen LogP contribution is 2.37. The van der Waals surface area contributed by atoms with E-state index >= 15 is 0 Å². The van der Waals surface area contributed by atoms with Gasteiger partial charge in [0.25, 0.3) is 0 Å². The van der Waals surface area contributed by atoms with E-state index in [-0.39, 0.29) is 11.8 Å². The van der Waals surface area contributed by atoms with Crippen LogP contribution in [0, 0.1) is 12.8 Å². The van der Waals surface area contributed by atoms with Crippen LogP contribution in [0.4, 0.5) is 0 Å². The van der Waals surface area contributed by atoms with Crippen molar-refractivity contribution in [2.45, 2.75) is 45.1 Å². The van der Waals surface area contributed by atoms with Gasteiger partial charge in [0.1, 0.15) is 5.82 Å². The van der Waals surface area contributed by atoms with Gasteiger partial charge in [-0.15, -0.1) is 0 Å². The van der Waals surface area contributed by atoms with Gasteiger partial charge in [0, 0.05) is 5.56 Å². The number of carbonyl (C=O) groups excluding carboxylic acids is 1. The van der Waals surface area contributed by atoms with Crippen molar-refractivity contribution in [1.29, 1.82) is 0 Å². The van der Waals surface area contributed by atoms with E-state index in [1.54, 1.807) is 0 Å². The topological polar surface area (TPSA) is 70.7 Å². The third-order valence-corrected chi connectivity index (χ3v) is 5.58. The molecule has 28 heavy (non-hydrogen) atoms. The van der Waals surface area contributed by atoms with Gasteiger partial charge in [-0.2, -0.15) is 5.10 Å². The molecule has 1 aromatic heterocycles. The number of aromatic nitrogens is 3. The minimum atomic E-state index is -0.0943. The fraction of sp³-hybridized carbons (Fsp3) is 0.348. The molecular formula is C23H26N4O. The molecular weight excluding hydrogens is 348 g/mol. The molecule has 0 bridgehead atoms. The second-order valence-corrected chi connectivity index (χ2v) is 7.62. The third-order valence-electron chi connectivity index (χ3n) is 5.58. The number of H-pyrrole nitrogens is 1. The van der Waals surface area contributed by atoms with Crippen molar-refractivity contribution in [1.82, 2.24) is 20.5 Å². The predicted octanol–water partition coefficient (Wildman–Crippen LogP) is 4.37. The molecule has 4 rings (SSSR count). The molecule has 0 aliphatic heterocycles. The Morgan fingerprint density at radius 3 is 2.54 bits per heavy atom. The average Bonchev–Trinajstić information content (AvgIpc) is 3.40. The molecule has 0 radical (unpaired) electrons. The van der Waals surface area contributed by atoms with E-state index in [9.17, 15) is 4.79 Å². The van der Waals surface area contributed by atoms with Crippen LogP contribution in [-0.4, -0.2) is 21.1 Å². The van der Waals surface area contributed by atoms with E-state index in [1.165, 1.54) is 18.4 Å². The van der Waals surface area contributed by atoms with Crippen LogP contribution in [0.15, 0.2) is 54.6 Å². The van der Waals surface area contributed by atoms with Gasteiger partial charge in [-0.25, -0.2) is 4.98 Å². The van der Waals surface area contributed by atoms with Gasteiger partial charge in [-0.1, -0.05) is 73.0 Å². The fourth-order valence-electron chi connectivity index (χ4n) is 4.08. The molecule has 0 saturated heterocycles. The molecule has 2 N–H and O–H groups in total. The molecule has 144 valence electrons. The molecule has 1 fully saturated rings. The molecule has 1 atom stereocenters. The van der Waals surface area contributed by atoms with Crippen molar-refractivity contribution in [2.75, 3.05) is 0 Å². The maximum absolute atomic E-state index is 13.0. The maximum atomic E-state index is 13.0. The van der Waals surface area contributed by atoms with Crippen LogP contribution in [-0.2, 0) is 11.3 Å². The highest BCUT2D eigenvalue weighted by molar-refractivity contribution is 5.84. The van der Waals surface area contributed by atoms with Crippen LogP contribution in [0.3, 0.4) is 0 Å². The summed E-state index contributed by atoms with van der Waals surface area (Å²) in [5, 5.41) is 10.3. The highest BCUT2D eigenvalue weighted by Gasteiger charge is 2.31. The lowest BCUT2D eigenvalue weighted by Crippen LogP contribution is -2.32. The smallest absolute Gasteiger partial charge is 0.228 e. The quantitative estimate of drug-likeness (QED) is 0.673. The van der Waals surface area contributed by atoms with Crippen molar-refractivity contribution >= 4 is 5.91 Å². The first kappa shape index (κ1) is 18.4. The Hall–Kier alpha value is -2.95. The lowest BCUT2D eigenvalue weighted by molar-refractivity contribution is -0.124. The molecule has 1 saturated carbocycles. The van der Waals surface area contributed by atoms with Crippen molar-refractivity contribution in [3.8, 4) is 11.4 Å². The maximum Gasteiger partial charge on any atom is 0.228 e. The lowest BCUT2D eigenvalue weighted by atomic mass is 9.84. The zero-order valence-corrected chi connectivity index (χ0v) is 16.2. The molecule has 5 nitrogen and oxygen atoms in total. The molecule has 3 aromatic rings. The molecule has 5 heteroatoms. The molecule has 0 spiro atoms. The number of rotatable bonds is 6. The zero-order valence-electron chi connectivity index (χ0n) is 16.2. The highest BCUT2D eigenvalue weighted by atomic mass is 16.1. The first-order valence-corrected chi connectivity index (χ1v) is 10.0. The summed E-state index contributed by atoms with van der Waals surface area (Å²) in [6.07, 6.45) is 4.66. The number of carbonyl (C=O) groups is 1. The minimum absolute atomic E-state index is 0.0754. The number of aromatic amines is 1. The summed E-state index contributed by atoms with van der Waals surface area (Å²) in [6.45, 7) is 2.41. The summed E-state index contributed by atoms with van der Waals surface area (Å²) in [5.41, 5.74) is 3.27. The minimum Gasteiger partial charge on any atom is -0.348 e. The fourth-order valence-corrected chi connectivity index (χ4v) is 4.08. The SMILES string of the molecule is Cc1ccc(-c2n[nH]c(CNC(=O)C(c3ccccc3)C3CCCC3)n2)cc1. The molecule has 1 amide bonds. The molecule has 1 aliphatic rings. The molecule has 1 unspecified atom stereocenters. The van der Waals surface area contributed by atoms with Crippen molar-refractivity contribution in [2.24, 2.45) is 5.92 Å². The van der Waals surface area contributed by atoms with Crippen LogP contribution >= 0.6 is 0 Å². The van der Waals surface area contributed by atoms with E-state index in [0.717, 1.165) is 24.0 Å². The normalized spacial score (nSPS) is 15.5. The number of aryl methyl sites for hydroxylation is 1. The van der Waals surface area contributed by atoms with Gasteiger partial charge in [0.15, 0.2) is 5.82 Å². The summed E-state index contributed by atoms with van der Waals surface area (Å²) in [4.78, 5) is 17.6. The van der Waals surface area contributed by atoms with Crippen LogP contribution in [0.5, 0.6) is 0 Å². The number of benzene rings is 2. The predicted molar refractivity (Wildman–Crippen MR) is 110 cm³/mol. The Bertz CT molecular complexity index is 911. The Kier molecular flexibility index (Phi) is 5.51. The van der Waals surface area contributed by atoms with Crippen LogP contribution in [0.25, 0.3) is 11.4 Å². The first-order chi connectivity index (χ1) is 13.7. The Labute approximate surface area is 165 Å². The number of nitrogens with zero attached hydrogens (tertiary/aromatic N) is 2. The van der Waals surface area contributed by atoms with E-state index in [2.05, 4.69) is 39.6 Å². The zero-order chi connectivity index (χ0) is 19.3. The summed E-state index contributed by atoms with van der Waals surface area (Å²) >= 11 is 0. The van der Waals surface area contributed by atoms with Crippen molar-refractivity contribution < 1.29 is 4.79 Å². The van der Waals surface area contributed by atoms with Crippen molar-refractivity contribution in [3.63, 3.8) is 0 Å². The van der Waals surface area contributed by atoms with Gasteiger partial charge in [0.05, 0.1) is 12.5 Å². The van der Waals surface area contributed by atoms with E-state index in [0.29, 0.717) is 24.1 Å². The van der Waals surface area contributed by atoms with Crippen LogP contribution in [0.1, 0.15) is 48.6 Å². The lowest BCUT2D eigenvalue weighted by Gasteiger charge is -2.23. The Balaban J connectivity index is 1.44. The van der Waals surface area contributed by atoms with E-state index in [1.807, 2.05) is 42.5 Å². The van der Waals surface area contributed by atoms with E-state index < -0.39 is 0 Å². The molecule has 2 aromatic carbocycles. The van der Waals surface area contributed by atoms with Crippen LogP contribution < -0.4 is 5.32 Å². The van der Waals surface area contributed by atoms with E-state index in [4.69, 9.17) is 0 Å². The number of hydrogen-bond donors (Lipinski definition) is 2. The first-order valence-electron chi connectivity index (χ1n) is 10.0. The molecule has 1 heterocycles. The van der Waals surface area contributed by atoms with Gasteiger partial charge < -0.3 is 5.32 Å². The summed E-state index contributed by atoms with van der Waals surface area (Å²) in [5.74, 6) is 1.72. The molecule has 1 aliphatic carbocycles. The number of nitrogens with one attached hydrogen (secondary N) is 2. The van der Waals surface area contributed by atoms with Crippen molar-refractivity contribution in [3.05, 3.63) is 71.5 Å². The second kappa shape index (κ2) is 8.38. The summed E-state index contributed by atoms with van der Waals surface area (Å²) in [7, 11) is 0. The average molecular weight is 374 g/mol. The van der Waals surface area contributed by atoms with Gasteiger partial charge in [0.2, 0.25) is 5.91 Å². The monoisotopic (exact) mass is 374 g/mol. The summed E-state index contributed by atoms with van der Waals surface area (Å²) < 4.78 is 0. The van der Waals surface area contributed by atoms with Gasteiger partial charge in [-0.05, 0) is 31.2 Å². The number of amides is 1. The third kappa shape index (κ3) is 4.14. The van der Waals surface area contributed by atoms with Gasteiger partial charge >= 0.3 is 0 Å². The van der Waals surface area contributed by atoms with Crippen LogP contribution in [0.2, 0.25) is 0 Å². The largest absolute Gasteiger partial charge is 0.348 e. The summed E-state index contributed by atoms with van der Waals surface area (Å²) in [6, 6.07) is 18.2. The second-order valence-electron chi connectivity index (χ2n) is 7.62. The number of hydrogen-bond acceptors (Lipinski definition) is 3. The Morgan fingerprint density at radius 2 is 1.82 bits per heavy atom.